The Balaban J connectivity index is 5.26. The summed E-state index contributed by atoms with van der Waals surface area (Å²) in [5.74, 6) is -0.629. The maximum Gasteiger partial charge on any atom is 0.329 e. The predicted octanol–water partition coefficient (Wildman–Crippen LogP) is 1.62. The Hall–Kier alpha value is -0.380. The highest BCUT2D eigenvalue weighted by atomic mass is 31.2. The molecule has 2 atom stereocenters. The third kappa shape index (κ3) is 3.58. The smallest absolute Gasteiger partial charge is 0.329 e. The van der Waals surface area contributed by atoms with Crippen LogP contribution in [0.25, 0.3) is 0 Å². The minimum absolute atomic E-state index is 0.309. The van der Waals surface area contributed by atoms with Gasteiger partial charge in [0.05, 0.1) is 11.1 Å². The molecule has 0 aliphatic heterocycles. The molecule has 1 amide bonds. The van der Waals surface area contributed by atoms with Gasteiger partial charge in [-0.25, -0.2) is 0 Å². The van der Waals surface area contributed by atoms with Gasteiger partial charge in [-0.2, -0.15) is 0 Å². The zero-order chi connectivity index (χ0) is 13.0. The van der Waals surface area contributed by atoms with E-state index >= 15 is 0 Å². The number of amides is 1. The predicted molar refractivity (Wildman–Crippen MR) is 62.9 cm³/mol. The molecule has 2 unspecified atom stereocenters. The number of nitrogens with two attached hydrogens (primary N) is 1. The number of rotatable bonds is 7. The van der Waals surface area contributed by atoms with E-state index in [1.54, 1.807) is 6.92 Å². The average Bonchev–Trinajstić information content (AvgIpc) is 2.12. The van der Waals surface area contributed by atoms with Crippen molar-refractivity contribution in [2.24, 2.45) is 11.1 Å². The molecule has 0 aliphatic carbocycles. The van der Waals surface area contributed by atoms with E-state index in [-0.39, 0.29) is 0 Å². The van der Waals surface area contributed by atoms with E-state index in [0.29, 0.717) is 25.7 Å². The highest BCUT2D eigenvalue weighted by Crippen LogP contribution is 2.53. The number of hydrogen-bond donors (Lipinski definition) is 3. The van der Waals surface area contributed by atoms with E-state index in [2.05, 4.69) is 0 Å². The molecule has 0 bridgehead atoms. The van der Waals surface area contributed by atoms with Crippen LogP contribution in [-0.2, 0) is 9.36 Å². The van der Waals surface area contributed by atoms with Gasteiger partial charge in [0, 0.05) is 0 Å². The van der Waals surface area contributed by atoms with Crippen molar-refractivity contribution >= 4 is 13.5 Å². The second-order valence-corrected chi connectivity index (χ2v) is 6.23. The van der Waals surface area contributed by atoms with Crippen LogP contribution in [-0.4, -0.2) is 21.4 Å². The Morgan fingerprint density at radius 1 is 1.38 bits per heavy atom. The van der Waals surface area contributed by atoms with Crippen molar-refractivity contribution in [3.63, 3.8) is 0 Å². The fourth-order valence-electron chi connectivity index (χ4n) is 2.10. The van der Waals surface area contributed by atoms with E-state index in [0.717, 1.165) is 0 Å². The molecule has 0 aromatic heterocycles. The first-order valence-corrected chi connectivity index (χ1v) is 7.23. The first kappa shape index (κ1) is 15.6. The molecule has 0 aromatic rings. The molecule has 6 heteroatoms. The third-order valence-electron chi connectivity index (χ3n) is 3.04. The van der Waals surface area contributed by atoms with Crippen LogP contribution in [0.4, 0.5) is 0 Å². The summed E-state index contributed by atoms with van der Waals surface area (Å²) in [6, 6.07) is 0. The number of carbonyl (C=O) groups excluding carboxylic acids is 1. The van der Waals surface area contributed by atoms with Crippen molar-refractivity contribution in [2.45, 2.75) is 52.1 Å². The minimum atomic E-state index is -4.30. The van der Waals surface area contributed by atoms with Gasteiger partial charge in [-0.05, 0) is 19.8 Å². The first-order chi connectivity index (χ1) is 7.20. The van der Waals surface area contributed by atoms with Gasteiger partial charge in [-0.3, -0.25) is 9.36 Å². The average molecular weight is 251 g/mol. The normalized spacial score (nSPS) is 17.8. The summed E-state index contributed by atoms with van der Waals surface area (Å²) in [7, 11) is -4.30. The summed E-state index contributed by atoms with van der Waals surface area (Å²) < 4.78 is 11.4. The molecule has 0 aromatic carbocycles. The second-order valence-electron chi connectivity index (χ2n) is 4.43. The molecule has 16 heavy (non-hydrogen) atoms. The fourth-order valence-corrected chi connectivity index (χ4v) is 3.70. The van der Waals surface area contributed by atoms with Crippen molar-refractivity contribution < 1.29 is 19.1 Å². The molecule has 0 saturated heterocycles. The lowest BCUT2D eigenvalue weighted by Gasteiger charge is -2.35. The van der Waals surface area contributed by atoms with Crippen LogP contribution in [0, 0.1) is 5.41 Å². The van der Waals surface area contributed by atoms with Crippen molar-refractivity contribution in [3.8, 4) is 0 Å². The Morgan fingerprint density at radius 2 is 1.88 bits per heavy atom. The van der Waals surface area contributed by atoms with Crippen LogP contribution < -0.4 is 5.73 Å². The Labute approximate surface area is 96.6 Å². The monoisotopic (exact) mass is 251 g/mol. The van der Waals surface area contributed by atoms with Gasteiger partial charge in [0.2, 0.25) is 5.91 Å². The highest BCUT2D eigenvalue weighted by Gasteiger charge is 2.47. The van der Waals surface area contributed by atoms with Crippen molar-refractivity contribution in [3.05, 3.63) is 0 Å². The third-order valence-corrected chi connectivity index (χ3v) is 4.68. The largest absolute Gasteiger partial charge is 0.369 e. The molecule has 0 heterocycles. The van der Waals surface area contributed by atoms with Crippen LogP contribution in [0.15, 0.2) is 0 Å². The van der Waals surface area contributed by atoms with E-state index < -0.39 is 24.6 Å². The molecule has 5 nitrogen and oxygen atoms in total. The molecule has 4 N–H and O–H groups in total. The first-order valence-electron chi connectivity index (χ1n) is 5.55. The van der Waals surface area contributed by atoms with Crippen molar-refractivity contribution in [1.82, 2.24) is 0 Å². The zero-order valence-electron chi connectivity index (χ0n) is 10.1. The van der Waals surface area contributed by atoms with Crippen molar-refractivity contribution in [1.29, 1.82) is 0 Å². The zero-order valence-corrected chi connectivity index (χ0v) is 11.0. The van der Waals surface area contributed by atoms with Crippen molar-refractivity contribution in [2.75, 3.05) is 0 Å². The Bertz CT molecular complexity index is 289. The van der Waals surface area contributed by atoms with E-state index in [4.69, 9.17) is 5.73 Å². The Kier molecular flexibility index (Phi) is 5.66. The molecule has 96 valence electrons. The van der Waals surface area contributed by atoms with Crippen LogP contribution in [0.1, 0.15) is 46.5 Å². The summed E-state index contributed by atoms with van der Waals surface area (Å²) in [4.78, 5) is 30.1. The van der Waals surface area contributed by atoms with E-state index in [1.807, 2.05) is 13.8 Å². The number of hydrogen-bond acceptors (Lipinski definition) is 2. The maximum absolute atomic E-state index is 11.5. The summed E-state index contributed by atoms with van der Waals surface area (Å²) in [6.07, 6.45) is 1.99. The van der Waals surface area contributed by atoms with E-state index in [9.17, 15) is 19.1 Å². The number of primary amides is 1. The van der Waals surface area contributed by atoms with E-state index in [1.165, 1.54) is 0 Å². The standard InChI is InChI=1S/C10H22NO4P/c1-4-6-8(16(13,14)15)10(3,7-5-2)9(11)12/h8H,4-7H2,1-3H3,(H2,11,12)(H2,13,14,15). The summed E-state index contributed by atoms with van der Waals surface area (Å²) in [6.45, 7) is 5.25. The van der Waals surface area contributed by atoms with Crippen LogP contribution in [0.3, 0.4) is 0 Å². The quantitative estimate of drug-likeness (QED) is 0.598. The lowest BCUT2D eigenvalue weighted by molar-refractivity contribution is -0.127. The molecule has 0 spiro atoms. The SMILES string of the molecule is CCCC(C(C)(CCC)C(N)=O)P(=O)(O)O. The molecule has 0 rings (SSSR count). The van der Waals surface area contributed by atoms with Crippen LogP contribution >= 0.6 is 7.60 Å². The summed E-state index contributed by atoms with van der Waals surface area (Å²) >= 11 is 0. The Morgan fingerprint density at radius 3 is 2.12 bits per heavy atom. The molecule has 0 radical (unpaired) electrons. The summed E-state index contributed by atoms with van der Waals surface area (Å²) in [5, 5.41) is 0. The molecular formula is C10H22NO4P. The van der Waals surface area contributed by atoms with Crippen LogP contribution in [0.2, 0.25) is 0 Å². The van der Waals surface area contributed by atoms with Gasteiger partial charge in [-0.1, -0.05) is 26.7 Å². The molecular weight excluding hydrogens is 229 g/mol. The lowest BCUT2D eigenvalue weighted by atomic mass is 9.79. The highest BCUT2D eigenvalue weighted by molar-refractivity contribution is 7.52. The number of carbonyl (C=O) groups is 1. The molecule has 0 fully saturated rings. The topological polar surface area (TPSA) is 101 Å². The fraction of sp³-hybridized carbons (Fsp3) is 0.900. The van der Waals surface area contributed by atoms with Crippen LogP contribution in [0.5, 0.6) is 0 Å². The van der Waals surface area contributed by atoms with Gasteiger partial charge in [-0.15, -0.1) is 0 Å². The van der Waals surface area contributed by atoms with Gasteiger partial charge in [0.15, 0.2) is 0 Å². The van der Waals surface area contributed by atoms with Gasteiger partial charge in [0.25, 0.3) is 0 Å². The van der Waals surface area contributed by atoms with Gasteiger partial charge < -0.3 is 15.5 Å². The van der Waals surface area contributed by atoms with Gasteiger partial charge >= 0.3 is 7.60 Å². The minimum Gasteiger partial charge on any atom is -0.369 e. The second kappa shape index (κ2) is 5.80. The lowest BCUT2D eigenvalue weighted by Crippen LogP contribution is -2.44. The molecule has 0 aliphatic rings. The van der Waals surface area contributed by atoms with Gasteiger partial charge in [0.1, 0.15) is 0 Å². The molecule has 0 saturated carbocycles. The maximum atomic E-state index is 11.5. The summed E-state index contributed by atoms with van der Waals surface area (Å²) in [5.41, 5.74) is 3.21.